The molecule has 0 bridgehead atoms. The molecule has 3 aromatic rings. The molecule has 1 saturated carbocycles. The molecular weight excluding hydrogens is 357 g/mol. The highest BCUT2D eigenvalue weighted by Crippen LogP contribution is 2.40. The Labute approximate surface area is 155 Å². The van der Waals surface area contributed by atoms with Gasteiger partial charge >= 0.3 is 0 Å². The lowest BCUT2D eigenvalue weighted by atomic mass is 9.94. The molecule has 0 spiro atoms. The van der Waals surface area contributed by atoms with Crippen LogP contribution in [0.4, 0.5) is 10.2 Å². The zero-order valence-corrected chi connectivity index (χ0v) is 15.6. The van der Waals surface area contributed by atoms with E-state index in [0.717, 1.165) is 27.2 Å². The Kier molecular flexibility index (Phi) is 4.61. The van der Waals surface area contributed by atoms with Gasteiger partial charge in [0.1, 0.15) is 16.5 Å². The molecule has 1 aliphatic carbocycles. The summed E-state index contributed by atoms with van der Waals surface area (Å²) in [6.45, 7) is 0. The highest BCUT2D eigenvalue weighted by Gasteiger charge is 2.24. The molecule has 0 saturated heterocycles. The van der Waals surface area contributed by atoms with Crippen molar-refractivity contribution in [1.82, 2.24) is 9.97 Å². The topological polar surface area (TPSA) is 29.0 Å². The maximum Gasteiger partial charge on any atom is 0.225 e. The molecular formula is C19H19ClFN3S. The van der Waals surface area contributed by atoms with Crippen molar-refractivity contribution in [2.24, 2.45) is 0 Å². The summed E-state index contributed by atoms with van der Waals surface area (Å²) in [6, 6.07) is 7.05. The molecule has 3 nitrogen and oxygen atoms in total. The lowest BCUT2D eigenvalue weighted by Crippen LogP contribution is -2.34. The van der Waals surface area contributed by atoms with Gasteiger partial charge in [-0.15, -0.1) is 11.3 Å². The summed E-state index contributed by atoms with van der Waals surface area (Å²) >= 11 is 7.74. The van der Waals surface area contributed by atoms with Gasteiger partial charge in [0.25, 0.3) is 0 Å². The molecule has 2 heterocycles. The number of rotatable bonds is 3. The van der Waals surface area contributed by atoms with Crippen molar-refractivity contribution in [3.63, 3.8) is 0 Å². The summed E-state index contributed by atoms with van der Waals surface area (Å²) in [5.74, 6) is 0.643. The van der Waals surface area contributed by atoms with Crippen LogP contribution in [0.3, 0.4) is 0 Å². The van der Waals surface area contributed by atoms with Crippen LogP contribution in [0.15, 0.2) is 29.6 Å². The average molecular weight is 376 g/mol. The Hall–Kier alpha value is -1.72. The number of benzene rings is 1. The van der Waals surface area contributed by atoms with E-state index in [1.807, 2.05) is 0 Å². The van der Waals surface area contributed by atoms with Gasteiger partial charge in [-0.1, -0.05) is 31.4 Å². The number of nitrogens with zero attached hydrogens (tertiary/aromatic N) is 3. The third-order valence-electron chi connectivity index (χ3n) is 5.00. The maximum absolute atomic E-state index is 13.3. The largest absolute Gasteiger partial charge is 0.356 e. The van der Waals surface area contributed by atoms with Gasteiger partial charge in [0.15, 0.2) is 0 Å². The third-order valence-corrected chi connectivity index (χ3v) is 6.04. The number of hydrogen-bond acceptors (Lipinski definition) is 4. The fraction of sp³-hybridized carbons (Fsp3) is 0.368. The number of anilines is 1. The number of hydrogen-bond donors (Lipinski definition) is 0. The van der Waals surface area contributed by atoms with Gasteiger partial charge in [0, 0.05) is 24.0 Å². The second-order valence-electron chi connectivity index (χ2n) is 6.56. The minimum Gasteiger partial charge on any atom is -0.356 e. The molecule has 4 rings (SSSR count). The Balaban J connectivity index is 1.84. The van der Waals surface area contributed by atoms with Crippen molar-refractivity contribution in [1.29, 1.82) is 0 Å². The first-order valence-corrected chi connectivity index (χ1v) is 9.83. The van der Waals surface area contributed by atoms with Crippen molar-refractivity contribution < 1.29 is 4.39 Å². The van der Waals surface area contributed by atoms with E-state index in [4.69, 9.17) is 11.6 Å². The second-order valence-corrected chi connectivity index (χ2v) is 7.75. The summed E-state index contributed by atoms with van der Waals surface area (Å²) in [5.41, 5.74) is 2.01. The Morgan fingerprint density at radius 2 is 1.84 bits per heavy atom. The summed E-state index contributed by atoms with van der Waals surface area (Å²) in [6.07, 6.45) is 6.17. The van der Waals surface area contributed by atoms with E-state index in [9.17, 15) is 4.39 Å². The first-order chi connectivity index (χ1) is 12.1. The lowest BCUT2D eigenvalue weighted by Gasteiger charge is -2.32. The predicted octanol–water partition coefficient (Wildman–Crippen LogP) is 5.92. The molecule has 130 valence electrons. The molecule has 6 heteroatoms. The van der Waals surface area contributed by atoms with E-state index in [1.165, 1.54) is 44.2 Å². The van der Waals surface area contributed by atoms with Crippen LogP contribution in [0, 0.1) is 5.82 Å². The number of aromatic nitrogens is 2. The average Bonchev–Trinajstić information content (AvgIpc) is 3.05. The normalized spacial score (nSPS) is 15.6. The first-order valence-electron chi connectivity index (χ1n) is 8.57. The molecule has 0 amide bonds. The molecule has 1 fully saturated rings. The van der Waals surface area contributed by atoms with Crippen LogP contribution in [-0.2, 0) is 0 Å². The van der Waals surface area contributed by atoms with Crippen LogP contribution in [0.5, 0.6) is 0 Å². The lowest BCUT2D eigenvalue weighted by molar-refractivity contribution is 0.426. The van der Waals surface area contributed by atoms with E-state index in [1.54, 1.807) is 23.5 Å². The van der Waals surface area contributed by atoms with Crippen molar-refractivity contribution in [3.8, 4) is 11.1 Å². The Bertz CT molecular complexity index is 888. The summed E-state index contributed by atoms with van der Waals surface area (Å²) in [7, 11) is 2.10. The summed E-state index contributed by atoms with van der Waals surface area (Å²) in [4.78, 5) is 12.1. The molecule has 0 atom stereocenters. The van der Waals surface area contributed by atoms with Gasteiger partial charge in [-0.2, -0.15) is 4.98 Å². The van der Waals surface area contributed by atoms with E-state index >= 15 is 0 Å². The SMILES string of the molecule is CN(c1nc(Cl)nc2scc(-c3ccc(F)cc3)c12)C1CCCCC1. The molecule has 25 heavy (non-hydrogen) atoms. The van der Waals surface area contributed by atoms with Crippen LogP contribution >= 0.6 is 22.9 Å². The number of halogens is 2. The fourth-order valence-electron chi connectivity index (χ4n) is 3.64. The molecule has 0 N–H and O–H groups in total. The quantitative estimate of drug-likeness (QED) is 0.532. The molecule has 0 unspecified atom stereocenters. The van der Waals surface area contributed by atoms with Crippen LogP contribution in [0.25, 0.3) is 21.3 Å². The van der Waals surface area contributed by atoms with E-state index in [0.29, 0.717) is 6.04 Å². The fourth-order valence-corrected chi connectivity index (χ4v) is 4.79. The minimum absolute atomic E-state index is 0.234. The van der Waals surface area contributed by atoms with Gasteiger partial charge in [0.2, 0.25) is 5.28 Å². The van der Waals surface area contributed by atoms with Crippen LogP contribution in [0.1, 0.15) is 32.1 Å². The molecule has 0 aliphatic heterocycles. The number of thiophene rings is 1. The van der Waals surface area contributed by atoms with Gasteiger partial charge in [-0.05, 0) is 42.1 Å². The predicted molar refractivity (Wildman–Crippen MR) is 103 cm³/mol. The summed E-state index contributed by atoms with van der Waals surface area (Å²) < 4.78 is 13.3. The van der Waals surface area contributed by atoms with E-state index in [-0.39, 0.29) is 11.1 Å². The van der Waals surface area contributed by atoms with Gasteiger partial charge in [-0.25, -0.2) is 9.37 Å². The third kappa shape index (κ3) is 3.23. The first kappa shape index (κ1) is 16.7. The van der Waals surface area contributed by atoms with E-state index < -0.39 is 0 Å². The van der Waals surface area contributed by atoms with Gasteiger partial charge in [0.05, 0.1) is 5.39 Å². The Morgan fingerprint density at radius 1 is 1.12 bits per heavy atom. The Morgan fingerprint density at radius 3 is 2.56 bits per heavy atom. The summed E-state index contributed by atoms with van der Waals surface area (Å²) in [5, 5.41) is 3.34. The molecule has 1 aromatic carbocycles. The monoisotopic (exact) mass is 375 g/mol. The molecule has 2 aromatic heterocycles. The van der Waals surface area contributed by atoms with Crippen LogP contribution < -0.4 is 4.90 Å². The molecule has 1 aliphatic rings. The van der Waals surface area contributed by atoms with Crippen molar-refractivity contribution >= 4 is 39.0 Å². The van der Waals surface area contributed by atoms with Crippen molar-refractivity contribution in [2.75, 3.05) is 11.9 Å². The van der Waals surface area contributed by atoms with Crippen LogP contribution in [-0.4, -0.2) is 23.1 Å². The minimum atomic E-state index is -0.234. The smallest absolute Gasteiger partial charge is 0.225 e. The van der Waals surface area contributed by atoms with Crippen LogP contribution in [0.2, 0.25) is 5.28 Å². The maximum atomic E-state index is 13.3. The zero-order valence-electron chi connectivity index (χ0n) is 14.0. The van der Waals surface area contributed by atoms with Crippen molar-refractivity contribution in [3.05, 3.63) is 40.7 Å². The van der Waals surface area contributed by atoms with Crippen molar-refractivity contribution in [2.45, 2.75) is 38.1 Å². The van der Waals surface area contributed by atoms with Gasteiger partial charge < -0.3 is 4.90 Å². The standard InChI is InChI=1S/C19H19ClFN3S/c1-24(14-5-3-2-4-6-14)17-16-15(12-7-9-13(21)10-8-12)11-25-18(16)23-19(20)22-17/h7-11,14H,2-6H2,1H3. The zero-order chi connectivity index (χ0) is 17.4. The van der Waals surface area contributed by atoms with E-state index in [2.05, 4.69) is 27.3 Å². The highest BCUT2D eigenvalue weighted by molar-refractivity contribution is 7.17. The number of fused-ring (bicyclic) bond motifs is 1. The highest BCUT2D eigenvalue weighted by atomic mass is 35.5. The molecule has 0 radical (unpaired) electrons. The second kappa shape index (κ2) is 6.89. The van der Waals surface area contributed by atoms with Gasteiger partial charge in [-0.3, -0.25) is 0 Å².